The zero-order valence-corrected chi connectivity index (χ0v) is 33.1. The maximum atomic E-state index is 13.9. The third-order valence-electron chi connectivity index (χ3n) is 12.9. The molecule has 7 unspecified atom stereocenters. The first kappa shape index (κ1) is 35.7. The smallest absolute Gasteiger partial charge is 0.407 e. The Bertz CT molecular complexity index is 2590. The van der Waals surface area contributed by atoms with Gasteiger partial charge in [-0.3, -0.25) is 9.59 Å². The lowest BCUT2D eigenvalue weighted by Crippen LogP contribution is -2.52. The number of H-pyrrole nitrogens is 2. The van der Waals surface area contributed by atoms with Gasteiger partial charge in [-0.2, -0.15) is 0 Å². The second-order valence-electron chi connectivity index (χ2n) is 17.6. The Morgan fingerprint density at radius 1 is 0.702 bits per heavy atom. The van der Waals surface area contributed by atoms with E-state index in [1.807, 2.05) is 24.8 Å². The lowest BCUT2D eigenvalue weighted by molar-refractivity contribution is -0.137. The largest absolute Gasteiger partial charge is 0.453 e. The van der Waals surface area contributed by atoms with Crippen LogP contribution in [0.1, 0.15) is 83.5 Å². The van der Waals surface area contributed by atoms with Crippen LogP contribution in [0.3, 0.4) is 0 Å². The van der Waals surface area contributed by atoms with Gasteiger partial charge in [-0.05, 0) is 119 Å². The minimum absolute atomic E-state index is 0.0291. The summed E-state index contributed by atoms with van der Waals surface area (Å²) in [5, 5.41) is 5.06. The van der Waals surface area contributed by atoms with Crippen LogP contribution in [0.2, 0.25) is 0 Å². The standard InChI is InChI=1S/C46H49N7O4/c1-23(2)14-41(54)52-37-19-31(37)21-39(52)43-47-33-12-10-29(17-35(33)49-43)27-8-6-26-16-28(9-7-25(26)15-27)30-11-13-34-36(18-30)50-44(48-34)40-22-32-20-38(32)53(40)45(55)42(24(3)4)51-46(56)57-5/h6-13,15-18,23-24,31-32,37-40,42H,14,19-22H2,1-5H3,(H,47,49)(H,48,50)(H,51,56). The minimum Gasteiger partial charge on any atom is -0.453 e. The number of hydrogen-bond acceptors (Lipinski definition) is 6. The molecule has 11 nitrogen and oxygen atoms in total. The van der Waals surface area contributed by atoms with E-state index in [1.54, 1.807) is 0 Å². The molecule has 3 amide bonds. The summed E-state index contributed by atoms with van der Waals surface area (Å²) in [6, 6.07) is 25.6. The maximum absolute atomic E-state index is 13.9. The summed E-state index contributed by atoms with van der Waals surface area (Å²) in [6.07, 6.45) is 3.94. The van der Waals surface area contributed by atoms with E-state index >= 15 is 0 Å². The first-order valence-electron chi connectivity index (χ1n) is 20.5. The van der Waals surface area contributed by atoms with Crippen LogP contribution in [0.5, 0.6) is 0 Å². The van der Waals surface area contributed by atoms with Crippen LogP contribution in [0.4, 0.5) is 4.79 Å². The van der Waals surface area contributed by atoms with Crippen molar-refractivity contribution in [3.05, 3.63) is 84.4 Å². The molecule has 6 aromatic rings. The van der Waals surface area contributed by atoms with Gasteiger partial charge in [0.2, 0.25) is 11.8 Å². The molecule has 57 heavy (non-hydrogen) atoms. The van der Waals surface area contributed by atoms with E-state index in [2.05, 4.69) is 101 Å². The van der Waals surface area contributed by atoms with Gasteiger partial charge in [0.05, 0.1) is 41.3 Å². The molecule has 7 atom stereocenters. The zero-order chi connectivity index (χ0) is 39.3. The van der Waals surface area contributed by atoms with Crippen molar-refractivity contribution in [1.82, 2.24) is 35.1 Å². The summed E-state index contributed by atoms with van der Waals surface area (Å²) in [6.45, 7) is 8.08. The van der Waals surface area contributed by atoms with Gasteiger partial charge in [-0.1, -0.05) is 64.1 Å². The summed E-state index contributed by atoms with van der Waals surface area (Å²) < 4.78 is 4.82. The normalized spacial score (nSPS) is 24.1. The minimum atomic E-state index is -0.667. The van der Waals surface area contributed by atoms with Crippen LogP contribution in [0, 0.1) is 23.7 Å². The molecule has 4 aromatic carbocycles. The lowest BCUT2D eigenvalue weighted by atomic mass is 9.97. The average Bonchev–Trinajstić information content (AvgIpc) is 3.86. The fourth-order valence-electron chi connectivity index (χ4n) is 9.73. The number of nitrogens with one attached hydrogen (secondary N) is 3. The summed E-state index contributed by atoms with van der Waals surface area (Å²) in [7, 11) is 1.31. The van der Waals surface area contributed by atoms with Crippen LogP contribution in [-0.4, -0.2) is 72.9 Å². The van der Waals surface area contributed by atoms with Crippen molar-refractivity contribution in [3.8, 4) is 22.3 Å². The third kappa shape index (κ3) is 6.31. The maximum Gasteiger partial charge on any atom is 0.407 e. The Labute approximate surface area is 331 Å². The van der Waals surface area contributed by atoms with Crippen molar-refractivity contribution in [1.29, 1.82) is 0 Å². The molecule has 2 saturated heterocycles. The number of amides is 3. The highest BCUT2D eigenvalue weighted by molar-refractivity contribution is 5.93. The number of imidazole rings is 2. The number of ether oxygens (including phenoxy) is 1. The molecule has 4 fully saturated rings. The number of likely N-dealkylation sites (tertiary alicyclic amines) is 2. The molecule has 0 spiro atoms. The molecule has 11 heteroatoms. The summed E-state index contributed by atoms with van der Waals surface area (Å²) in [5.41, 5.74) is 8.14. The number of piperidine rings is 2. The lowest BCUT2D eigenvalue weighted by Gasteiger charge is -2.31. The molecule has 0 bridgehead atoms. The van der Waals surface area contributed by atoms with Crippen LogP contribution < -0.4 is 5.32 Å². The third-order valence-corrected chi connectivity index (χ3v) is 12.9. The van der Waals surface area contributed by atoms with E-state index in [9.17, 15) is 14.4 Å². The van der Waals surface area contributed by atoms with E-state index in [-0.39, 0.29) is 35.9 Å². The highest BCUT2D eigenvalue weighted by Crippen LogP contribution is 2.54. The fourth-order valence-corrected chi connectivity index (χ4v) is 9.73. The second-order valence-corrected chi connectivity index (χ2v) is 17.6. The number of fused-ring (bicyclic) bond motifs is 5. The SMILES string of the molecule is COC(=O)NC(C(=O)N1C(c2nc3ccc(-c4ccc5cc(-c6ccc7nc(C8CC9CC9N8C(=O)CC(C)C)[nH]c7c6)ccc5c4)cc3[nH]2)CC2CC21)C(C)C. The molecule has 2 aromatic heterocycles. The Morgan fingerprint density at radius 2 is 1.19 bits per heavy atom. The second kappa shape index (κ2) is 13.5. The summed E-state index contributed by atoms with van der Waals surface area (Å²) in [5.74, 6) is 3.17. The first-order valence-corrected chi connectivity index (χ1v) is 20.5. The Morgan fingerprint density at radius 3 is 1.70 bits per heavy atom. The highest BCUT2D eigenvalue weighted by Gasteiger charge is 2.57. The molecular weight excluding hydrogens is 715 g/mol. The topological polar surface area (TPSA) is 136 Å². The van der Waals surface area contributed by atoms with E-state index in [1.165, 1.54) is 7.11 Å². The van der Waals surface area contributed by atoms with Gasteiger partial charge < -0.3 is 29.8 Å². The quantitative estimate of drug-likeness (QED) is 0.135. The molecule has 10 rings (SSSR count). The van der Waals surface area contributed by atoms with Crippen molar-refractivity contribution < 1.29 is 19.1 Å². The molecule has 4 aliphatic rings. The van der Waals surface area contributed by atoms with Crippen molar-refractivity contribution in [2.24, 2.45) is 23.7 Å². The van der Waals surface area contributed by atoms with E-state index in [0.717, 1.165) is 92.4 Å². The van der Waals surface area contributed by atoms with Gasteiger partial charge in [-0.15, -0.1) is 0 Å². The number of benzene rings is 4. The fraction of sp³-hybridized carbons (Fsp3) is 0.413. The Balaban J connectivity index is 0.878. The monoisotopic (exact) mass is 763 g/mol. The Hall–Kier alpha value is -5.71. The number of rotatable bonds is 9. The van der Waals surface area contributed by atoms with Gasteiger partial charge in [0.25, 0.3) is 0 Å². The van der Waals surface area contributed by atoms with Crippen molar-refractivity contribution in [2.45, 2.75) is 90.0 Å². The molecule has 3 N–H and O–H groups in total. The molecule has 2 aliphatic carbocycles. The number of aromatic amines is 2. The van der Waals surface area contributed by atoms with Gasteiger partial charge in [0.15, 0.2) is 0 Å². The number of alkyl carbamates (subject to hydrolysis) is 1. The number of carbonyl (C=O) groups excluding carboxylic acids is 3. The van der Waals surface area contributed by atoms with Crippen LogP contribution in [0.25, 0.3) is 55.1 Å². The summed E-state index contributed by atoms with van der Waals surface area (Å²) in [4.78, 5) is 60.4. The first-order chi connectivity index (χ1) is 27.5. The summed E-state index contributed by atoms with van der Waals surface area (Å²) >= 11 is 0. The zero-order valence-electron chi connectivity index (χ0n) is 33.1. The van der Waals surface area contributed by atoms with Crippen molar-refractivity contribution >= 4 is 50.7 Å². The molecule has 2 aliphatic heterocycles. The van der Waals surface area contributed by atoms with E-state index in [4.69, 9.17) is 14.7 Å². The number of aromatic nitrogens is 4. The molecular formula is C46H49N7O4. The number of hydrogen-bond donors (Lipinski definition) is 3. The highest BCUT2D eigenvalue weighted by atomic mass is 16.5. The Kier molecular flexibility index (Phi) is 8.42. The molecule has 292 valence electrons. The van der Waals surface area contributed by atoms with Crippen LogP contribution in [-0.2, 0) is 14.3 Å². The molecule has 0 radical (unpaired) electrons. The van der Waals surface area contributed by atoms with E-state index < -0.39 is 12.1 Å². The van der Waals surface area contributed by atoms with Crippen LogP contribution >= 0.6 is 0 Å². The van der Waals surface area contributed by atoms with Crippen LogP contribution in [0.15, 0.2) is 72.8 Å². The van der Waals surface area contributed by atoms with Gasteiger partial charge >= 0.3 is 6.09 Å². The molecule has 2 saturated carbocycles. The van der Waals surface area contributed by atoms with Gasteiger partial charge in [-0.25, -0.2) is 14.8 Å². The number of carbonyl (C=O) groups is 3. The van der Waals surface area contributed by atoms with Crippen molar-refractivity contribution in [3.63, 3.8) is 0 Å². The predicted octanol–water partition coefficient (Wildman–Crippen LogP) is 8.68. The predicted molar refractivity (Wildman–Crippen MR) is 220 cm³/mol. The number of nitrogens with zero attached hydrogens (tertiary/aromatic N) is 4. The average molecular weight is 764 g/mol. The molecule has 4 heterocycles. The number of methoxy groups -OCH3 is 1. The van der Waals surface area contributed by atoms with Gasteiger partial charge in [0.1, 0.15) is 17.7 Å². The van der Waals surface area contributed by atoms with Crippen molar-refractivity contribution in [2.75, 3.05) is 7.11 Å². The van der Waals surface area contributed by atoms with Gasteiger partial charge in [0, 0.05) is 18.5 Å². The van der Waals surface area contributed by atoms with E-state index in [0.29, 0.717) is 30.2 Å².